The number of anilines is 1. The molecule has 2 aromatic heterocycles. The standard InChI is InChI=1S/C25H36N6O/c1-2-31-24-21(16-27-31)23(28-19-8-12-30(13-9-19)17-18-6-7-18)20(15-26-24)22-14-25(32-29-22)10-4-3-5-11-25/h14-16,18-19,29H,2-13,17H2,1H3,(H,26,28). The second kappa shape index (κ2) is 8.34. The van der Waals surface area contributed by atoms with Crippen LogP contribution in [0.15, 0.2) is 18.5 Å². The molecule has 4 heterocycles. The summed E-state index contributed by atoms with van der Waals surface area (Å²) in [4.78, 5) is 13.6. The molecule has 2 saturated carbocycles. The van der Waals surface area contributed by atoms with E-state index in [1.807, 2.05) is 17.1 Å². The van der Waals surface area contributed by atoms with Gasteiger partial charge in [-0.15, -0.1) is 0 Å². The fourth-order valence-electron chi connectivity index (χ4n) is 5.76. The fourth-order valence-corrected chi connectivity index (χ4v) is 5.76. The van der Waals surface area contributed by atoms with Crippen LogP contribution in [0.25, 0.3) is 16.7 Å². The zero-order valence-corrected chi connectivity index (χ0v) is 19.3. The van der Waals surface area contributed by atoms with Gasteiger partial charge in [-0.2, -0.15) is 5.10 Å². The summed E-state index contributed by atoms with van der Waals surface area (Å²) in [6, 6.07) is 0.478. The molecule has 4 aliphatic rings. The Balaban J connectivity index is 1.29. The number of likely N-dealkylation sites (tertiary alicyclic amines) is 1. The average Bonchev–Trinajstić information content (AvgIpc) is 3.39. The van der Waals surface area contributed by atoms with Gasteiger partial charge < -0.3 is 10.2 Å². The van der Waals surface area contributed by atoms with Gasteiger partial charge in [0.05, 0.1) is 23.0 Å². The van der Waals surface area contributed by atoms with Gasteiger partial charge in [0.25, 0.3) is 0 Å². The van der Waals surface area contributed by atoms with E-state index in [4.69, 9.17) is 9.82 Å². The van der Waals surface area contributed by atoms with Crippen LogP contribution in [-0.2, 0) is 11.4 Å². The number of hydrogen-bond acceptors (Lipinski definition) is 6. The SMILES string of the molecule is CCn1ncc2c(NC3CCN(CC4CC4)CC3)c(C3=CC4(CCCCC4)ON3)cnc21. The molecule has 0 amide bonds. The summed E-state index contributed by atoms with van der Waals surface area (Å²) in [5, 5.41) is 9.64. The summed E-state index contributed by atoms with van der Waals surface area (Å²) in [6.45, 7) is 6.63. The van der Waals surface area contributed by atoms with Crippen molar-refractivity contribution in [3.63, 3.8) is 0 Å². The smallest absolute Gasteiger partial charge is 0.159 e. The van der Waals surface area contributed by atoms with Crippen molar-refractivity contribution >= 4 is 22.4 Å². The molecule has 0 atom stereocenters. The van der Waals surface area contributed by atoms with E-state index in [0.29, 0.717) is 6.04 Å². The number of hydroxylamine groups is 1. The van der Waals surface area contributed by atoms with Crippen LogP contribution in [0, 0.1) is 5.92 Å². The summed E-state index contributed by atoms with van der Waals surface area (Å²) in [5.41, 5.74) is 7.40. The molecule has 0 radical (unpaired) electrons. The molecule has 1 spiro atoms. The molecule has 2 aliphatic carbocycles. The molecule has 32 heavy (non-hydrogen) atoms. The Morgan fingerprint density at radius 2 is 1.94 bits per heavy atom. The summed E-state index contributed by atoms with van der Waals surface area (Å²) in [7, 11) is 0. The van der Waals surface area contributed by atoms with Gasteiger partial charge in [-0.3, -0.25) is 10.3 Å². The largest absolute Gasteiger partial charge is 0.381 e. The van der Waals surface area contributed by atoms with Crippen LogP contribution in [0.3, 0.4) is 0 Å². The topological polar surface area (TPSA) is 67.2 Å². The van der Waals surface area contributed by atoms with Crippen molar-refractivity contribution in [2.75, 3.05) is 25.0 Å². The van der Waals surface area contributed by atoms with Crippen LogP contribution < -0.4 is 10.8 Å². The molecular weight excluding hydrogens is 400 g/mol. The van der Waals surface area contributed by atoms with E-state index in [1.54, 1.807) is 0 Å². The van der Waals surface area contributed by atoms with E-state index in [1.165, 1.54) is 64.6 Å². The maximum Gasteiger partial charge on any atom is 0.159 e. The first-order valence-corrected chi connectivity index (χ1v) is 12.7. The second-order valence-electron chi connectivity index (χ2n) is 10.3. The van der Waals surface area contributed by atoms with Crippen LogP contribution in [0.1, 0.15) is 70.3 Å². The third-order valence-corrected chi connectivity index (χ3v) is 7.88. The minimum Gasteiger partial charge on any atom is -0.381 e. The monoisotopic (exact) mass is 436 g/mol. The number of piperidine rings is 1. The first-order valence-electron chi connectivity index (χ1n) is 12.7. The van der Waals surface area contributed by atoms with E-state index in [9.17, 15) is 0 Å². The minimum atomic E-state index is -0.151. The molecule has 0 aromatic carbocycles. The van der Waals surface area contributed by atoms with Gasteiger partial charge in [0.2, 0.25) is 0 Å². The summed E-state index contributed by atoms with van der Waals surface area (Å²) >= 11 is 0. The van der Waals surface area contributed by atoms with Crippen molar-refractivity contribution in [3.8, 4) is 0 Å². The molecular formula is C25H36N6O. The van der Waals surface area contributed by atoms with Gasteiger partial charge >= 0.3 is 0 Å². The van der Waals surface area contributed by atoms with Crippen molar-refractivity contribution in [1.29, 1.82) is 0 Å². The number of nitrogens with zero attached hydrogens (tertiary/aromatic N) is 4. The lowest BCUT2D eigenvalue weighted by molar-refractivity contribution is -0.0557. The molecule has 6 rings (SSSR count). The molecule has 1 saturated heterocycles. The van der Waals surface area contributed by atoms with Crippen LogP contribution in [0.2, 0.25) is 0 Å². The third kappa shape index (κ3) is 3.90. The first kappa shape index (κ1) is 20.5. The molecule has 2 aromatic rings. The fraction of sp³-hybridized carbons (Fsp3) is 0.680. The molecule has 2 N–H and O–H groups in total. The van der Waals surface area contributed by atoms with Gasteiger partial charge in [0, 0.05) is 44.0 Å². The van der Waals surface area contributed by atoms with E-state index < -0.39 is 0 Å². The zero-order valence-electron chi connectivity index (χ0n) is 19.3. The van der Waals surface area contributed by atoms with Crippen molar-refractivity contribution < 1.29 is 4.84 Å². The molecule has 2 aliphatic heterocycles. The molecule has 7 nitrogen and oxygen atoms in total. The number of aryl methyl sites for hydroxylation is 1. The van der Waals surface area contributed by atoms with Crippen molar-refractivity contribution in [3.05, 3.63) is 24.0 Å². The van der Waals surface area contributed by atoms with E-state index >= 15 is 0 Å². The van der Waals surface area contributed by atoms with E-state index in [0.717, 1.165) is 53.3 Å². The highest BCUT2D eigenvalue weighted by Gasteiger charge is 2.37. The number of aromatic nitrogens is 3. The lowest BCUT2D eigenvalue weighted by Crippen LogP contribution is -2.40. The van der Waals surface area contributed by atoms with Crippen molar-refractivity contribution in [2.45, 2.75) is 82.9 Å². The molecule has 3 fully saturated rings. The zero-order chi connectivity index (χ0) is 21.5. The highest BCUT2D eigenvalue weighted by atomic mass is 16.7. The number of nitrogens with one attached hydrogen (secondary N) is 2. The lowest BCUT2D eigenvalue weighted by Gasteiger charge is -2.33. The molecule has 0 bridgehead atoms. The van der Waals surface area contributed by atoms with Crippen LogP contribution >= 0.6 is 0 Å². The lowest BCUT2D eigenvalue weighted by atomic mass is 9.84. The van der Waals surface area contributed by atoms with Crippen molar-refractivity contribution in [2.24, 2.45) is 5.92 Å². The Bertz CT molecular complexity index is 995. The number of fused-ring (bicyclic) bond motifs is 1. The highest BCUT2D eigenvalue weighted by molar-refractivity contribution is 5.95. The van der Waals surface area contributed by atoms with Crippen LogP contribution in [-0.4, -0.2) is 50.9 Å². The highest BCUT2D eigenvalue weighted by Crippen LogP contribution is 2.41. The Morgan fingerprint density at radius 1 is 1.12 bits per heavy atom. The van der Waals surface area contributed by atoms with Gasteiger partial charge in [0.15, 0.2) is 5.65 Å². The number of pyridine rings is 1. The summed E-state index contributed by atoms with van der Waals surface area (Å²) < 4.78 is 1.98. The Labute approximate surface area is 190 Å². The maximum atomic E-state index is 6.16. The van der Waals surface area contributed by atoms with Gasteiger partial charge in [-0.05, 0) is 57.4 Å². The van der Waals surface area contributed by atoms with Gasteiger partial charge in [0.1, 0.15) is 5.60 Å². The Kier molecular flexibility index (Phi) is 5.34. The van der Waals surface area contributed by atoms with Gasteiger partial charge in [-0.1, -0.05) is 19.3 Å². The number of hydrogen-bond donors (Lipinski definition) is 2. The van der Waals surface area contributed by atoms with Crippen LogP contribution in [0.5, 0.6) is 0 Å². The van der Waals surface area contributed by atoms with Crippen molar-refractivity contribution in [1.82, 2.24) is 25.1 Å². The average molecular weight is 437 g/mol. The molecule has 7 heteroatoms. The minimum absolute atomic E-state index is 0.151. The number of rotatable bonds is 6. The summed E-state index contributed by atoms with van der Waals surface area (Å²) in [5.74, 6) is 0.971. The normalized spacial score (nSPS) is 24.1. The van der Waals surface area contributed by atoms with E-state index in [2.05, 4.69) is 33.8 Å². The predicted octanol–water partition coefficient (Wildman–Crippen LogP) is 4.32. The second-order valence-corrected chi connectivity index (χ2v) is 10.3. The Morgan fingerprint density at radius 3 is 2.69 bits per heavy atom. The van der Waals surface area contributed by atoms with E-state index in [-0.39, 0.29) is 5.60 Å². The quantitative estimate of drug-likeness (QED) is 0.703. The predicted molar refractivity (Wildman–Crippen MR) is 127 cm³/mol. The summed E-state index contributed by atoms with van der Waals surface area (Å²) in [6.07, 6.45) is 17.5. The molecule has 0 unspecified atom stereocenters. The maximum absolute atomic E-state index is 6.16. The van der Waals surface area contributed by atoms with Crippen LogP contribution in [0.4, 0.5) is 5.69 Å². The Hall–Kier alpha value is -2.12. The van der Waals surface area contributed by atoms with Gasteiger partial charge in [-0.25, -0.2) is 9.67 Å². The third-order valence-electron chi connectivity index (χ3n) is 7.88. The first-order chi connectivity index (χ1) is 15.7. The molecule has 172 valence electrons.